The number of carbonyl (C=O) groups is 1. The van der Waals surface area contributed by atoms with E-state index < -0.39 is 10.0 Å². The van der Waals surface area contributed by atoms with Crippen LogP contribution in [0.15, 0.2) is 35.3 Å². The molecule has 1 aliphatic rings. The Hall–Kier alpha value is -1.40. The Bertz CT molecular complexity index is 774. The van der Waals surface area contributed by atoms with Crippen molar-refractivity contribution in [3.05, 3.63) is 35.9 Å². The molecular weight excluding hydrogens is 519 g/mol. The number of guanidine groups is 1. The molecule has 2 rings (SSSR count). The van der Waals surface area contributed by atoms with E-state index >= 15 is 0 Å². The third-order valence-corrected chi connectivity index (χ3v) is 5.94. The summed E-state index contributed by atoms with van der Waals surface area (Å²) in [6, 6.07) is 9.39. The van der Waals surface area contributed by atoms with Gasteiger partial charge in [-0.05, 0) is 32.3 Å². The van der Waals surface area contributed by atoms with Crippen molar-refractivity contribution in [2.75, 3.05) is 38.5 Å². The number of nitrogens with zero attached hydrogens (tertiary/aromatic N) is 2. The van der Waals surface area contributed by atoms with E-state index in [0.717, 1.165) is 24.9 Å². The number of halogens is 1. The first kappa shape index (κ1) is 26.6. The summed E-state index contributed by atoms with van der Waals surface area (Å²) in [7, 11) is -3.43. The highest BCUT2D eigenvalue weighted by molar-refractivity contribution is 14.0. The second-order valence-corrected chi connectivity index (χ2v) is 8.82. The van der Waals surface area contributed by atoms with Gasteiger partial charge in [0.15, 0.2) is 5.96 Å². The van der Waals surface area contributed by atoms with Gasteiger partial charge in [0, 0.05) is 26.2 Å². The number of aliphatic imine (C=N–C) groups is 1. The lowest BCUT2D eigenvalue weighted by Crippen LogP contribution is -2.48. The Kier molecular flexibility index (Phi) is 12.3. The second-order valence-electron chi connectivity index (χ2n) is 6.90. The fraction of sp³-hybridized carbons (Fsp3) is 0.600. The number of hydrogen-bond acceptors (Lipinski definition) is 5. The van der Waals surface area contributed by atoms with Crippen LogP contribution in [0.25, 0.3) is 0 Å². The molecule has 1 aliphatic heterocycles. The lowest BCUT2D eigenvalue weighted by atomic mass is 9.98. The fourth-order valence-electron chi connectivity index (χ4n) is 3.18. The molecule has 0 radical (unpaired) electrons. The van der Waals surface area contributed by atoms with Gasteiger partial charge in [-0.1, -0.05) is 30.3 Å². The van der Waals surface area contributed by atoms with Crippen LogP contribution < -0.4 is 10.0 Å². The first-order valence-corrected chi connectivity index (χ1v) is 11.8. The maximum atomic E-state index is 12.3. The van der Waals surface area contributed by atoms with Gasteiger partial charge in [-0.15, -0.1) is 24.0 Å². The smallest absolute Gasteiger partial charge is 0.310 e. The number of piperidine rings is 1. The van der Waals surface area contributed by atoms with Crippen LogP contribution in [0.4, 0.5) is 0 Å². The zero-order valence-electron chi connectivity index (χ0n) is 17.7. The molecule has 1 aromatic carbocycles. The molecule has 30 heavy (non-hydrogen) atoms. The van der Waals surface area contributed by atoms with Crippen LogP contribution in [-0.4, -0.2) is 63.8 Å². The quantitative estimate of drug-likeness (QED) is 0.210. The molecule has 1 heterocycles. The first-order chi connectivity index (χ1) is 13.9. The van der Waals surface area contributed by atoms with Crippen molar-refractivity contribution in [3.63, 3.8) is 0 Å². The van der Waals surface area contributed by atoms with Crippen molar-refractivity contribution in [1.29, 1.82) is 0 Å². The molecule has 1 saturated heterocycles. The molecule has 0 aliphatic carbocycles. The van der Waals surface area contributed by atoms with Gasteiger partial charge in [-0.2, -0.15) is 0 Å². The van der Waals surface area contributed by atoms with Crippen molar-refractivity contribution in [2.45, 2.75) is 33.2 Å². The van der Waals surface area contributed by atoms with E-state index in [1.54, 1.807) is 6.92 Å². The highest BCUT2D eigenvalue weighted by atomic mass is 127. The molecule has 0 spiro atoms. The number of esters is 1. The predicted octanol–water partition coefficient (Wildman–Crippen LogP) is 1.96. The van der Waals surface area contributed by atoms with Gasteiger partial charge in [-0.25, -0.2) is 13.1 Å². The van der Waals surface area contributed by atoms with Gasteiger partial charge >= 0.3 is 5.97 Å². The molecular formula is C20H33IN4O4S. The Morgan fingerprint density at radius 2 is 2.00 bits per heavy atom. The number of carbonyl (C=O) groups excluding carboxylic acids is 1. The Morgan fingerprint density at radius 3 is 2.67 bits per heavy atom. The molecule has 1 atom stereocenters. The van der Waals surface area contributed by atoms with Gasteiger partial charge in [-0.3, -0.25) is 9.79 Å². The SMILES string of the molecule is CCNC(=NCCS(=O)(=O)NCc1ccccc1)N1CCCC(C(=O)OCC)C1.I. The van der Waals surface area contributed by atoms with E-state index in [1.807, 2.05) is 42.2 Å². The lowest BCUT2D eigenvalue weighted by molar-refractivity contribution is -0.149. The first-order valence-electron chi connectivity index (χ1n) is 10.2. The van der Waals surface area contributed by atoms with Crippen molar-refractivity contribution in [3.8, 4) is 0 Å². The Labute approximate surface area is 196 Å². The van der Waals surface area contributed by atoms with Crippen LogP contribution >= 0.6 is 24.0 Å². The summed E-state index contributed by atoms with van der Waals surface area (Å²) in [4.78, 5) is 18.6. The molecule has 1 aromatic rings. The zero-order valence-corrected chi connectivity index (χ0v) is 20.8. The van der Waals surface area contributed by atoms with E-state index in [-0.39, 0.29) is 54.7 Å². The fourth-order valence-corrected chi connectivity index (χ4v) is 4.04. The van der Waals surface area contributed by atoms with Crippen molar-refractivity contribution in [2.24, 2.45) is 10.9 Å². The number of nitrogens with one attached hydrogen (secondary N) is 2. The standard InChI is InChI=1S/C20H32N4O4S.HI/c1-3-21-20(24-13-8-11-18(16-24)19(25)28-4-2)22-12-14-29(26,27)23-15-17-9-6-5-7-10-17;/h5-7,9-10,18,23H,3-4,8,11-16H2,1-2H3,(H,21,22);1H. The summed E-state index contributed by atoms with van der Waals surface area (Å²) in [6.45, 7) is 6.52. The van der Waals surface area contributed by atoms with Gasteiger partial charge < -0.3 is 15.0 Å². The third-order valence-electron chi connectivity index (χ3n) is 4.64. The van der Waals surface area contributed by atoms with Gasteiger partial charge in [0.1, 0.15) is 0 Å². The van der Waals surface area contributed by atoms with E-state index in [4.69, 9.17) is 4.74 Å². The van der Waals surface area contributed by atoms with Crippen LogP contribution in [0.1, 0.15) is 32.3 Å². The number of ether oxygens (including phenoxy) is 1. The van der Waals surface area contributed by atoms with Crippen LogP contribution in [0.2, 0.25) is 0 Å². The molecule has 8 nitrogen and oxygen atoms in total. The molecule has 1 fully saturated rings. The summed E-state index contributed by atoms with van der Waals surface area (Å²) in [6.07, 6.45) is 1.66. The predicted molar refractivity (Wildman–Crippen MR) is 129 cm³/mol. The van der Waals surface area contributed by atoms with Gasteiger partial charge in [0.2, 0.25) is 10.0 Å². The minimum atomic E-state index is -3.43. The summed E-state index contributed by atoms with van der Waals surface area (Å²) in [5, 5.41) is 3.20. The molecule has 0 aromatic heterocycles. The summed E-state index contributed by atoms with van der Waals surface area (Å²) < 4.78 is 32.3. The highest BCUT2D eigenvalue weighted by Gasteiger charge is 2.28. The van der Waals surface area contributed by atoms with E-state index in [0.29, 0.717) is 25.7 Å². The van der Waals surface area contributed by atoms with Crippen LogP contribution in [0, 0.1) is 5.92 Å². The van der Waals surface area contributed by atoms with Crippen molar-refractivity contribution in [1.82, 2.24) is 14.9 Å². The van der Waals surface area contributed by atoms with Crippen LogP contribution in [0.3, 0.4) is 0 Å². The maximum Gasteiger partial charge on any atom is 0.310 e. The summed E-state index contributed by atoms with van der Waals surface area (Å²) in [5.41, 5.74) is 0.909. The Balaban J connectivity index is 0.00000450. The average molecular weight is 552 g/mol. The maximum absolute atomic E-state index is 12.3. The van der Waals surface area contributed by atoms with E-state index in [9.17, 15) is 13.2 Å². The molecule has 2 N–H and O–H groups in total. The normalized spacial score (nSPS) is 17.2. The van der Waals surface area contributed by atoms with Crippen molar-refractivity contribution < 1.29 is 17.9 Å². The molecule has 0 saturated carbocycles. The molecule has 0 bridgehead atoms. The third kappa shape index (κ3) is 9.17. The second kappa shape index (κ2) is 13.8. The lowest BCUT2D eigenvalue weighted by Gasteiger charge is -2.34. The monoisotopic (exact) mass is 552 g/mol. The van der Waals surface area contributed by atoms with Crippen molar-refractivity contribution >= 4 is 45.9 Å². The largest absolute Gasteiger partial charge is 0.466 e. The van der Waals surface area contributed by atoms with Crippen LogP contribution in [-0.2, 0) is 26.1 Å². The Morgan fingerprint density at radius 1 is 1.27 bits per heavy atom. The van der Waals surface area contributed by atoms with Gasteiger partial charge in [0.05, 0.1) is 24.8 Å². The number of hydrogen-bond donors (Lipinski definition) is 2. The topological polar surface area (TPSA) is 100 Å². The molecule has 170 valence electrons. The zero-order chi connectivity index (χ0) is 21.1. The average Bonchev–Trinajstić information content (AvgIpc) is 2.73. The number of rotatable bonds is 9. The molecule has 1 unspecified atom stereocenters. The number of sulfonamides is 1. The number of benzene rings is 1. The van der Waals surface area contributed by atoms with E-state index in [1.165, 1.54) is 0 Å². The van der Waals surface area contributed by atoms with Gasteiger partial charge in [0.25, 0.3) is 0 Å². The molecule has 10 heteroatoms. The summed E-state index contributed by atoms with van der Waals surface area (Å²) >= 11 is 0. The van der Waals surface area contributed by atoms with Crippen LogP contribution in [0.5, 0.6) is 0 Å². The minimum absolute atomic E-state index is 0. The highest BCUT2D eigenvalue weighted by Crippen LogP contribution is 2.18. The van der Waals surface area contributed by atoms with E-state index in [2.05, 4.69) is 15.0 Å². The number of likely N-dealkylation sites (tertiary alicyclic amines) is 1. The molecule has 0 amide bonds. The minimum Gasteiger partial charge on any atom is -0.466 e. The summed E-state index contributed by atoms with van der Waals surface area (Å²) in [5.74, 6) is 0.188.